The van der Waals surface area contributed by atoms with Crippen LogP contribution in [-0.2, 0) is 11.2 Å². The Kier molecular flexibility index (Phi) is 4.98. The maximum Gasteiger partial charge on any atom is 0.422 e. The molecule has 1 aromatic rings. The summed E-state index contributed by atoms with van der Waals surface area (Å²) in [5.41, 5.74) is -3.32. The van der Waals surface area contributed by atoms with Gasteiger partial charge in [0.05, 0.1) is 0 Å². The fourth-order valence-corrected chi connectivity index (χ4v) is 1.98. The van der Waals surface area contributed by atoms with E-state index in [1.807, 2.05) is 17.5 Å². The van der Waals surface area contributed by atoms with Crippen LogP contribution in [0.2, 0.25) is 0 Å². The van der Waals surface area contributed by atoms with Gasteiger partial charge in [0.15, 0.2) is 0 Å². The number of alkyl halides is 3. The Hall–Kier alpha value is -1.77. The lowest BCUT2D eigenvalue weighted by Gasteiger charge is -2.28. The molecule has 112 valence electrons. The van der Waals surface area contributed by atoms with E-state index in [0.717, 1.165) is 4.88 Å². The summed E-state index contributed by atoms with van der Waals surface area (Å²) < 4.78 is 37.9. The molecule has 0 spiro atoms. The molecule has 0 saturated carbocycles. The second-order valence-electron chi connectivity index (χ2n) is 4.14. The van der Waals surface area contributed by atoms with E-state index in [1.165, 1.54) is 16.7 Å². The second-order valence-corrected chi connectivity index (χ2v) is 5.17. The zero-order valence-corrected chi connectivity index (χ0v) is 11.3. The number of amides is 2. The van der Waals surface area contributed by atoms with Gasteiger partial charge >= 0.3 is 18.2 Å². The Labute approximate surface area is 116 Å². The number of carboxylic acid groups (broad SMARTS) is 1. The highest BCUT2D eigenvalue weighted by Gasteiger charge is 2.58. The molecule has 9 heteroatoms. The van der Waals surface area contributed by atoms with Crippen molar-refractivity contribution in [1.29, 1.82) is 0 Å². The van der Waals surface area contributed by atoms with Crippen LogP contribution < -0.4 is 10.6 Å². The van der Waals surface area contributed by atoms with Crippen LogP contribution in [0.25, 0.3) is 0 Å². The lowest BCUT2D eigenvalue weighted by atomic mass is 10.0. The van der Waals surface area contributed by atoms with Crippen LogP contribution in [0, 0.1) is 0 Å². The van der Waals surface area contributed by atoms with E-state index >= 15 is 0 Å². The molecule has 0 fully saturated rings. The van der Waals surface area contributed by atoms with Crippen LogP contribution in [0.15, 0.2) is 17.5 Å². The molecule has 3 N–H and O–H groups in total. The summed E-state index contributed by atoms with van der Waals surface area (Å²) in [7, 11) is 0. The minimum Gasteiger partial charge on any atom is -0.479 e. The van der Waals surface area contributed by atoms with Crippen LogP contribution in [0.1, 0.15) is 11.8 Å². The standard InChI is InChI=1S/C11H13F3N2O3S/c1-10(8(17)18,11(12,13)14)16-9(19)15-5-4-7-3-2-6-20-7/h2-3,6H,4-5H2,1H3,(H,17,18)(H2,15,16,19). The van der Waals surface area contributed by atoms with Gasteiger partial charge in [-0.05, 0) is 24.8 Å². The summed E-state index contributed by atoms with van der Waals surface area (Å²) in [5.74, 6) is -2.17. The van der Waals surface area contributed by atoms with Crippen molar-refractivity contribution in [2.24, 2.45) is 0 Å². The molecule has 1 rings (SSSR count). The number of hydrogen-bond donors (Lipinski definition) is 3. The first-order valence-corrected chi connectivity index (χ1v) is 6.43. The molecular formula is C11H13F3N2O3S. The van der Waals surface area contributed by atoms with E-state index in [0.29, 0.717) is 13.3 Å². The molecule has 20 heavy (non-hydrogen) atoms. The first kappa shape index (κ1) is 16.3. The SMILES string of the molecule is CC(NC(=O)NCCc1cccs1)(C(=O)O)C(F)(F)F. The second kappa shape index (κ2) is 6.12. The van der Waals surface area contributed by atoms with Crippen LogP contribution >= 0.6 is 11.3 Å². The van der Waals surface area contributed by atoms with Crippen LogP contribution in [0.5, 0.6) is 0 Å². The third-order valence-electron chi connectivity index (χ3n) is 2.60. The molecule has 2 amide bonds. The lowest BCUT2D eigenvalue weighted by Crippen LogP contribution is -2.63. The first-order valence-electron chi connectivity index (χ1n) is 5.55. The number of urea groups is 1. The molecule has 0 aliphatic carbocycles. The van der Waals surface area contributed by atoms with Gasteiger partial charge < -0.3 is 15.7 Å². The molecule has 0 aliphatic rings. The third-order valence-corrected chi connectivity index (χ3v) is 3.53. The van der Waals surface area contributed by atoms with E-state index < -0.39 is 23.7 Å². The maximum atomic E-state index is 12.6. The predicted octanol–water partition coefficient (Wildman–Crippen LogP) is 2.00. The van der Waals surface area contributed by atoms with Gasteiger partial charge in [-0.15, -0.1) is 11.3 Å². The number of halogens is 3. The van der Waals surface area contributed by atoms with Crippen molar-refractivity contribution in [1.82, 2.24) is 10.6 Å². The normalized spacial score (nSPS) is 14.4. The van der Waals surface area contributed by atoms with Gasteiger partial charge in [0.25, 0.3) is 0 Å². The van der Waals surface area contributed by atoms with E-state index in [-0.39, 0.29) is 6.54 Å². The number of nitrogens with one attached hydrogen (secondary N) is 2. The van der Waals surface area contributed by atoms with Crippen molar-refractivity contribution in [3.8, 4) is 0 Å². The molecule has 5 nitrogen and oxygen atoms in total. The summed E-state index contributed by atoms with van der Waals surface area (Å²) in [6, 6.07) is 2.45. The minimum absolute atomic E-state index is 0.111. The van der Waals surface area contributed by atoms with Gasteiger partial charge in [0, 0.05) is 11.4 Å². The topological polar surface area (TPSA) is 78.4 Å². The predicted molar refractivity (Wildman–Crippen MR) is 66.7 cm³/mol. The summed E-state index contributed by atoms with van der Waals surface area (Å²) in [5, 5.41) is 14.1. The van der Waals surface area contributed by atoms with E-state index in [2.05, 4.69) is 5.32 Å². The average Bonchev–Trinajstić information content (AvgIpc) is 2.80. The fourth-order valence-electron chi connectivity index (χ4n) is 1.27. The Bertz CT molecular complexity index is 476. The molecule has 0 saturated heterocycles. The highest BCUT2D eigenvalue weighted by Crippen LogP contribution is 2.30. The monoisotopic (exact) mass is 310 g/mol. The van der Waals surface area contributed by atoms with Gasteiger partial charge in [-0.3, -0.25) is 0 Å². The van der Waals surface area contributed by atoms with Crippen molar-refractivity contribution in [2.75, 3.05) is 6.54 Å². The first-order chi connectivity index (χ1) is 9.17. The number of thiophene rings is 1. The number of carbonyl (C=O) groups excluding carboxylic acids is 1. The molecular weight excluding hydrogens is 297 g/mol. The molecule has 0 aromatic carbocycles. The van der Waals surface area contributed by atoms with Gasteiger partial charge in [-0.25, -0.2) is 9.59 Å². The van der Waals surface area contributed by atoms with Gasteiger partial charge in [0.1, 0.15) is 0 Å². The average molecular weight is 310 g/mol. The Balaban J connectivity index is 2.53. The van der Waals surface area contributed by atoms with Crippen LogP contribution in [-0.4, -0.2) is 35.4 Å². The van der Waals surface area contributed by atoms with Crippen LogP contribution in [0.3, 0.4) is 0 Å². The Morgan fingerprint density at radius 2 is 2.05 bits per heavy atom. The summed E-state index contributed by atoms with van der Waals surface area (Å²) in [6.07, 6.45) is -4.63. The van der Waals surface area contributed by atoms with Crippen molar-refractivity contribution >= 4 is 23.3 Å². The van der Waals surface area contributed by atoms with Crippen molar-refractivity contribution in [2.45, 2.75) is 25.1 Å². The fraction of sp³-hybridized carbons (Fsp3) is 0.455. The van der Waals surface area contributed by atoms with E-state index in [4.69, 9.17) is 5.11 Å². The minimum atomic E-state index is -5.09. The van der Waals surface area contributed by atoms with Crippen molar-refractivity contribution in [3.05, 3.63) is 22.4 Å². The number of carboxylic acids is 1. The Morgan fingerprint density at radius 3 is 2.50 bits per heavy atom. The summed E-state index contributed by atoms with van der Waals surface area (Å²) >= 11 is 1.45. The molecule has 0 radical (unpaired) electrons. The number of aliphatic carboxylic acids is 1. The largest absolute Gasteiger partial charge is 0.479 e. The number of hydrogen-bond acceptors (Lipinski definition) is 3. The van der Waals surface area contributed by atoms with Gasteiger partial charge in [0.2, 0.25) is 5.54 Å². The smallest absolute Gasteiger partial charge is 0.422 e. The quantitative estimate of drug-likeness (QED) is 0.778. The summed E-state index contributed by atoms with van der Waals surface area (Å²) in [4.78, 5) is 23.0. The number of rotatable bonds is 5. The molecule has 0 bridgehead atoms. The van der Waals surface area contributed by atoms with Crippen molar-refractivity contribution in [3.63, 3.8) is 0 Å². The lowest BCUT2D eigenvalue weighted by molar-refractivity contribution is -0.203. The highest BCUT2D eigenvalue weighted by molar-refractivity contribution is 7.09. The zero-order valence-electron chi connectivity index (χ0n) is 10.5. The molecule has 1 aromatic heterocycles. The number of carbonyl (C=O) groups is 2. The van der Waals surface area contributed by atoms with Crippen molar-refractivity contribution < 1.29 is 27.9 Å². The zero-order chi connectivity index (χ0) is 15.4. The summed E-state index contributed by atoms with van der Waals surface area (Å²) in [6.45, 7) is 0.508. The maximum absolute atomic E-state index is 12.6. The highest BCUT2D eigenvalue weighted by atomic mass is 32.1. The van der Waals surface area contributed by atoms with Gasteiger partial charge in [-0.2, -0.15) is 13.2 Å². The molecule has 1 unspecified atom stereocenters. The van der Waals surface area contributed by atoms with E-state index in [9.17, 15) is 22.8 Å². The van der Waals surface area contributed by atoms with E-state index in [1.54, 1.807) is 0 Å². The third kappa shape index (κ3) is 3.86. The molecule has 1 atom stereocenters. The van der Waals surface area contributed by atoms with Crippen LogP contribution in [0.4, 0.5) is 18.0 Å². The molecule has 1 heterocycles. The molecule has 0 aliphatic heterocycles. The Morgan fingerprint density at radius 1 is 1.40 bits per heavy atom. The van der Waals surface area contributed by atoms with Gasteiger partial charge in [-0.1, -0.05) is 6.07 Å².